The molecule has 0 aromatic heterocycles. The summed E-state index contributed by atoms with van der Waals surface area (Å²) in [6.45, 7) is 3.56. The van der Waals surface area contributed by atoms with E-state index in [0.717, 1.165) is 18.2 Å². The van der Waals surface area contributed by atoms with Crippen LogP contribution in [0, 0.1) is 0 Å². The lowest BCUT2D eigenvalue weighted by molar-refractivity contribution is -0.274. The highest BCUT2D eigenvalue weighted by Gasteiger charge is 2.30. The smallest absolute Gasteiger partial charge is 0.490 e. The minimum atomic E-state index is -4.74. The van der Waals surface area contributed by atoms with Gasteiger partial charge in [0.25, 0.3) is 0 Å². The van der Waals surface area contributed by atoms with Crippen molar-refractivity contribution in [1.29, 1.82) is 0 Å². The number of ether oxygens (including phenoxy) is 3. The van der Waals surface area contributed by atoms with Gasteiger partial charge in [-0.2, -0.15) is 10.2 Å². The van der Waals surface area contributed by atoms with Crippen molar-refractivity contribution in [2.75, 3.05) is 13.2 Å². The fraction of sp³-hybridized carbons (Fsp3) is 0.167. The van der Waals surface area contributed by atoms with E-state index < -0.39 is 12.3 Å². The molecule has 0 fully saturated rings. The summed E-state index contributed by atoms with van der Waals surface area (Å²) in [5.74, 6) is -0.300. The standard InChI is InChI=1S/C18H15F3N2O4/c1-2-17(24)26-12-11-25-15-7-3-13(4-8-15)22-23-14-5-9-16(10-6-14)27-18(19,20)21/h2-10H,1,11-12H2. The molecule has 0 spiro atoms. The van der Waals surface area contributed by atoms with E-state index in [1.807, 2.05) is 0 Å². The quantitative estimate of drug-likeness (QED) is 0.276. The van der Waals surface area contributed by atoms with Crippen molar-refractivity contribution in [3.63, 3.8) is 0 Å². The summed E-state index contributed by atoms with van der Waals surface area (Å²) in [6.07, 6.45) is -3.67. The SMILES string of the molecule is C=CC(=O)OCCOc1ccc(N=Nc2ccc(OC(F)(F)F)cc2)cc1. The highest BCUT2D eigenvalue weighted by molar-refractivity contribution is 5.81. The average Bonchev–Trinajstić information content (AvgIpc) is 2.64. The van der Waals surface area contributed by atoms with Crippen molar-refractivity contribution < 1.29 is 32.2 Å². The second kappa shape index (κ2) is 9.37. The van der Waals surface area contributed by atoms with Crippen molar-refractivity contribution in [3.05, 3.63) is 61.2 Å². The lowest BCUT2D eigenvalue weighted by Gasteiger charge is -2.08. The number of hydrogen-bond acceptors (Lipinski definition) is 6. The Kier molecular flexibility index (Phi) is 6.93. The molecule has 2 aromatic rings. The molecular formula is C18H15F3N2O4. The van der Waals surface area contributed by atoms with E-state index in [4.69, 9.17) is 9.47 Å². The minimum absolute atomic E-state index is 0.0976. The fourth-order valence-corrected chi connectivity index (χ4v) is 1.80. The van der Waals surface area contributed by atoms with E-state index in [-0.39, 0.29) is 19.0 Å². The summed E-state index contributed by atoms with van der Waals surface area (Å²) < 4.78 is 50.2. The van der Waals surface area contributed by atoms with Crippen LogP contribution in [0.1, 0.15) is 0 Å². The maximum absolute atomic E-state index is 12.1. The zero-order chi connectivity index (χ0) is 19.7. The molecule has 142 valence electrons. The molecule has 27 heavy (non-hydrogen) atoms. The molecule has 9 heteroatoms. The van der Waals surface area contributed by atoms with Gasteiger partial charge in [0, 0.05) is 6.08 Å². The van der Waals surface area contributed by atoms with Crippen LogP contribution in [-0.4, -0.2) is 25.5 Å². The van der Waals surface area contributed by atoms with Crippen LogP contribution in [0.4, 0.5) is 24.5 Å². The van der Waals surface area contributed by atoms with E-state index in [1.54, 1.807) is 24.3 Å². The number of benzene rings is 2. The first-order chi connectivity index (χ1) is 12.9. The molecule has 0 unspecified atom stereocenters. The molecule has 0 aliphatic carbocycles. The van der Waals surface area contributed by atoms with Gasteiger partial charge in [-0.15, -0.1) is 13.2 Å². The van der Waals surface area contributed by atoms with E-state index in [9.17, 15) is 18.0 Å². The average molecular weight is 380 g/mol. The Labute approximate surface area is 152 Å². The lowest BCUT2D eigenvalue weighted by atomic mass is 10.3. The van der Waals surface area contributed by atoms with Gasteiger partial charge in [0.1, 0.15) is 24.7 Å². The Morgan fingerprint density at radius 3 is 1.93 bits per heavy atom. The monoisotopic (exact) mass is 380 g/mol. The van der Waals surface area contributed by atoms with E-state index >= 15 is 0 Å². The summed E-state index contributed by atoms with van der Waals surface area (Å²) in [5, 5.41) is 7.91. The Morgan fingerprint density at radius 2 is 1.44 bits per heavy atom. The number of carbonyl (C=O) groups is 1. The largest absolute Gasteiger partial charge is 0.573 e. The molecular weight excluding hydrogens is 365 g/mol. The fourth-order valence-electron chi connectivity index (χ4n) is 1.80. The first kappa shape index (κ1) is 20.0. The molecule has 0 aliphatic rings. The first-order valence-corrected chi connectivity index (χ1v) is 7.65. The molecule has 2 rings (SSSR count). The first-order valence-electron chi connectivity index (χ1n) is 7.65. The number of alkyl halides is 3. The van der Waals surface area contributed by atoms with Gasteiger partial charge in [-0.3, -0.25) is 0 Å². The van der Waals surface area contributed by atoms with Crippen molar-refractivity contribution in [1.82, 2.24) is 0 Å². The van der Waals surface area contributed by atoms with Crippen LogP contribution in [0.25, 0.3) is 0 Å². The maximum Gasteiger partial charge on any atom is 0.573 e. The van der Waals surface area contributed by atoms with E-state index in [0.29, 0.717) is 17.1 Å². The lowest BCUT2D eigenvalue weighted by Crippen LogP contribution is -2.16. The summed E-state index contributed by atoms with van der Waals surface area (Å²) in [5.41, 5.74) is 0.893. The number of nitrogens with zero attached hydrogens (tertiary/aromatic N) is 2. The molecule has 0 aliphatic heterocycles. The predicted molar refractivity (Wildman–Crippen MR) is 90.4 cm³/mol. The van der Waals surface area contributed by atoms with Gasteiger partial charge in [-0.05, 0) is 48.5 Å². The van der Waals surface area contributed by atoms with Crippen LogP contribution in [0.5, 0.6) is 11.5 Å². The van der Waals surface area contributed by atoms with Crippen LogP contribution in [-0.2, 0) is 9.53 Å². The van der Waals surface area contributed by atoms with Crippen molar-refractivity contribution in [2.45, 2.75) is 6.36 Å². The second-order valence-corrected chi connectivity index (χ2v) is 4.96. The van der Waals surface area contributed by atoms with Crippen LogP contribution in [0.3, 0.4) is 0 Å². The molecule has 0 N–H and O–H groups in total. The highest BCUT2D eigenvalue weighted by atomic mass is 19.4. The van der Waals surface area contributed by atoms with Crippen molar-refractivity contribution in [2.24, 2.45) is 10.2 Å². The molecule has 0 atom stereocenters. The number of azo groups is 1. The molecule has 2 aromatic carbocycles. The predicted octanol–water partition coefficient (Wildman–Crippen LogP) is 5.11. The topological polar surface area (TPSA) is 69.5 Å². The Bertz CT molecular complexity index is 788. The van der Waals surface area contributed by atoms with Gasteiger partial charge in [0.15, 0.2) is 0 Å². The Hall–Kier alpha value is -3.36. The molecule has 0 saturated heterocycles. The van der Waals surface area contributed by atoms with Gasteiger partial charge in [-0.25, -0.2) is 4.79 Å². The number of hydrogen-bond donors (Lipinski definition) is 0. The summed E-state index contributed by atoms with van der Waals surface area (Å²) in [6, 6.07) is 11.6. The van der Waals surface area contributed by atoms with Gasteiger partial charge >= 0.3 is 12.3 Å². The third-order valence-electron chi connectivity index (χ3n) is 2.95. The number of carbonyl (C=O) groups excluding carboxylic acids is 1. The number of rotatable bonds is 8. The van der Waals surface area contributed by atoms with E-state index in [1.165, 1.54) is 12.1 Å². The molecule has 0 heterocycles. The normalized spacial score (nSPS) is 11.2. The maximum atomic E-state index is 12.1. The third-order valence-corrected chi connectivity index (χ3v) is 2.95. The van der Waals surface area contributed by atoms with Gasteiger partial charge < -0.3 is 14.2 Å². The molecule has 6 nitrogen and oxygen atoms in total. The van der Waals surface area contributed by atoms with Gasteiger partial charge in [0.05, 0.1) is 11.4 Å². The zero-order valence-electron chi connectivity index (χ0n) is 14.0. The van der Waals surface area contributed by atoms with Gasteiger partial charge in [-0.1, -0.05) is 6.58 Å². The Balaban J connectivity index is 1.84. The van der Waals surface area contributed by atoms with Crippen molar-refractivity contribution >= 4 is 17.3 Å². The summed E-state index contributed by atoms with van der Waals surface area (Å²) >= 11 is 0. The third kappa shape index (κ3) is 7.59. The molecule has 0 bridgehead atoms. The molecule has 0 radical (unpaired) electrons. The molecule has 0 amide bonds. The van der Waals surface area contributed by atoms with E-state index in [2.05, 4.69) is 21.5 Å². The number of halogens is 3. The van der Waals surface area contributed by atoms with Crippen LogP contribution in [0.2, 0.25) is 0 Å². The summed E-state index contributed by atoms with van der Waals surface area (Å²) in [7, 11) is 0. The van der Waals surface area contributed by atoms with Crippen molar-refractivity contribution in [3.8, 4) is 11.5 Å². The van der Waals surface area contributed by atoms with Gasteiger partial charge in [0.2, 0.25) is 0 Å². The summed E-state index contributed by atoms with van der Waals surface area (Å²) in [4.78, 5) is 10.9. The minimum Gasteiger partial charge on any atom is -0.490 e. The number of esters is 1. The zero-order valence-corrected chi connectivity index (χ0v) is 14.0. The molecule has 0 saturated carbocycles. The highest BCUT2D eigenvalue weighted by Crippen LogP contribution is 2.26. The van der Waals surface area contributed by atoms with Crippen LogP contribution in [0.15, 0.2) is 71.4 Å². The van der Waals surface area contributed by atoms with Crippen LogP contribution >= 0.6 is 0 Å². The second-order valence-electron chi connectivity index (χ2n) is 4.96. The van der Waals surface area contributed by atoms with Crippen LogP contribution < -0.4 is 9.47 Å². The Morgan fingerprint density at radius 1 is 0.926 bits per heavy atom.